The molecule has 145 heavy (non-hydrogen) atoms. The molecule has 24 bridgehead atoms. The number of alkyl halides is 8. The third-order valence-corrected chi connectivity index (χ3v) is 38.9. The van der Waals surface area contributed by atoms with Crippen molar-refractivity contribution >= 4 is 77.6 Å². The van der Waals surface area contributed by atoms with Crippen LogP contribution in [0.3, 0.4) is 0 Å². The van der Waals surface area contributed by atoms with Crippen molar-refractivity contribution in [3.63, 3.8) is 0 Å². The lowest BCUT2D eigenvalue weighted by atomic mass is 9.47. The van der Waals surface area contributed by atoms with Gasteiger partial charge in [-0.15, -0.1) is 0 Å². The second-order valence-corrected chi connectivity index (χ2v) is 49.0. The highest BCUT2D eigenvalue weighted by Crippen LogP contribution is 2.70. The van der Waals surface area contributed by atoms with Crippen LogP contribution < -0.4 is 0 Å². The lowest BCUT2D eigenvalue weighted by Gasteiger charge is -2.64. The van der Waals surface area contributed by atoms with Gasteiger partial charge in [0.1, 0.15) is 98.2 Å². The van der Waals surface area contributed by atoms with Crippen LogP contribution >= 0.6 is 0 Å². The molecule has 0 aromatic carbocycles. The number of ether oxygens (including phenoxy) is 19. The Balaban J connectivity index is 0.000000118. The van der Waals surface area contributed by atoms with Crippen LogP contribution in [0.1, 0.15) is 275 Å². The van der Waals surface area contributed by atoms with Crippen molar-refractivity contribution < 1.29 is 187 Å². The van der Waals surface area contributed by atoms with Crippen molar-refractivity contribution in [2.75, 3.05) is 39.6 Å². The summed E-state index contributed by atoms with van der Waals surface area (Å²) in [4.78, 5) is 160. The van der Waals surface area contributed by atoms with Gasteiger partial charge in [-0.3, -0.25) is 24.0 Å². The fraction of sp³-hybridized carbons (Fsp3) is 0.876. The molecule has 21 saturated carbocycles. The molecule has 27 aliphatic rings. The van der Waals surface area contributed by atoms with Crippen LogP contribution in [0.15, 0.2) is 0 Å². The van der Waals surface area contributed by atoms with Crippen LogP contribution in [0.4, 0.5) is 35.1 Å². The Labute approximate surface area is 835 Å². The zero-order chi connectivity index (χ0) is 104. The zero-order valence-electron chi connectivity index (χ0n) is 84.1. The van der Waals surface area contributed by atoms with E-state index in [2.05, 4.69) is 6.92 Å². The maximum Gasteiger partial charge on any atom is 0.377 e. The van der Waals surface area contributed by atoms with Gasteiger partial charge < -0.3 is 90.0 Å². The summed E-state index contributed by atoms with van der Waals surface area (Å²) in [6.45, 7) is 14.2. The van der Waals surface area contributed by atoms with Crippen molar-refractivity contribution in [1.29, 1.82) is 0 Å². The van der Waals surface area contributed by atoms with E-state index in [0.29, 0.717) is 160 Å². The molecule has 6 aliphatic heterocycles. The van der Waals surface area contributed by atoms with E-state index in [1.807, 2.05) is 20.8 Å². The normalized spacial score (nSPS) is 44.8. The van der Waals surface area contributed by atoms with Gasteiger partial charge in [0.05, 0.1) is 70.3 Å². The number of carbonyl (C=O) groups is 13. The molecule has 0 aromatic rings. The van der Waals surface area contributed by atoms with E-state index in [9.17, 15) is 97.5 Å². The summed E-state index contributed by atoms with van der Waals surface area (Å²) in [5.41, 5.74) is -6.15. The van der Waals surface area contributed by atoms with Gasteiger partial charge in [-0.2, -0.15) is 35.1 Å². The molecule has 6 heterocycles. The van der Waals surface area contributed by atoms with Gasteiger partial charge in [-0.05, 0) is 236 Å². The molecule has 6 saturated heterocycles. The summed E-state index contributed by atoms with van der Waals surface area (Å²) in [7, 11) is 0. The van der Waals surface area contributed by atoms with Crippen molar-refractivity contribution in [2.45, 2.75) is 410 Å². The molecule has 0 spiro atoms. The van der Waals surface area contributed by atoms with Crippen LogP contribution in [-0.4, -0.2) is 252 Å². The van der Waals surface area contributed by atoms with E-state index in [4.69, 9.17) is 90.0 Å². The summed E-state index contributed by atoms with van der Waals surface area (Å²) < 4.78 is 217. The minimum absolute atomic E-state index is 0.0297. The first-order valence-electron chi connectivity index (χ1n) is 53.2. The Bertz CT molecular complexity index is 5030. The van der Waals surface area contributed by atoms with Gasteiger partial charge in [0, 0.05) is 99.7 Å². The first-order valence-corrected chi connectivity index (χ1v) is 53.2. The van der Waals surface area contributed by atoms with E-state index < -0.39 is 176 Å². The van der Waals surface area contributed by atoms with Crippen LogP contribution in [0.25, 0.3) is 0 Å². The Morgan fingerprint density at radius 2 is 0.821 bits per heavy atom. The standard InChI is InChI=1S/C30H40F2O9.C27H36F2O8.C24H30F2O8.C24H32F2O7/c1-6-30(41-26(36)28(5,31)32)15-7-14-8-16(30)12-29(10-14,11-15)37-13-19(33)38-22-18-9-17-20(24(34)39-23(17)22)21(18)25(35)40-27(2,3)4;1-3-19-16-6-14-9-26(11-16,13-27(19,10-14)34-5-4-33-24(32)25(2,28)29)35-12-20(30)36-21-15-7-17-18(8-15)23(31)37-22(17)21;1-3-24(34-21(29)22(2,25)26)12-4-11-5-13(24)9-23(7-11,8-12)30-10-16(27)32-18-15-6-14-17(31-15)19(18)33-20(14)28;1-3-24(33-21(29)22(2,25)26)15-6-13-7-16(24)11-23(9-13,10-15)30-12-19(27)31-17-5-4-14-8-18(17)32-20(14)28/h14-18,20-23H,6-13H2,1-5H3;14-19,21-22H,3-13H2,1-2H3;11-15,17-19H,3-10H2,1-2H3;13-18H,3-12H2,1-2H3. The first-order chi connectivity index (χ1) is 68.1. The van der Waals surface area contributed by atoms with E-state index in [0.717, 1.165) is 103 Å². The summed E-state index contributed by atoms with van der Waals surface area (Å²) in [5, 5.41) is 0. The van der Waals surface area contributed by atoms with E-state index in [1.165, 1.54) is 0 Å². The second-order valence-electron chi connectivity index (χ2n) is 49.0. The zero-order valence-corrected chi connectivity index (χ0v) is 84.1. The molecule has 30 unspecified atom stereocenters. The van der Waals surface area contributed by atoms with E-state index >= 15 is 0 Å². The molecule has 21 aliphatic carbocycles. The fourth-order valence-corrected chi connectivity index (χ4v) is 34.1. The molecule has 0 amide bonds. The maximum absolute atomic E-state index is 13.8. The summed E-state index contributed by atoms with van der Waals surface area (Å²) in [6, 6.07) is 0. The number of rotatable bonds is 32. The van der Waals surface area contributed by atoms with Gasteiger partial charge >= 0.3 is 101 Å². The Hall–Kier alpha value is -7.69. The summed E-state index contributed by atoms with van der Waals surface area (Å²) >= 11 is 0. The van der Waals surface area contributed by atoms with Gasteiger partial charge in [-0.25, -0.2) is 38.4 Å². The molecule has 0 aromatic heterocycles. The molecule has 806 valence electrons. The monoisotopic (exact) mass is 2060 g/mol. The van der Waals surface area contributed by atoms with Crippen LogP contribution in [0.2, 0.25) is 0 Å². The number of hydrogen-bond acceptors (Lipinski definition) is 32. The molecule has 0 radical (unpaired) electrons. The highest BCUT2D eigenvalue weighted by atomic mass is 19.3. The smallest absolute Gasteiger partial charge is 0.377 e. The number of carbonyl (C=O) groups excluding carboxylic acids is 13. The highest BCUT2D eigenvalue weighted by Gasteiger charge is 2.75. The average Bonchev–Trinajstić information content (AvgIpc) is 1.04. The van der Waals surface area contributed by atoms with Crippen LogP contribution in [0.5, 0.6) is 0 Å². The van der Waals surface area contributed by atoms with Crippen molar-refractivity contribution in [1.82, 2.24) is 0 Å². The van der Waals surface area contributed by atoms with Gasteiger partial charge in [0.2, 0.25) is 0 Å². The number of esters is 13. The summed E-state index contributed by atoms with van der Waals surface area (Å²) in [5.74, 6) is -24.0. The lowest BCUT2D eigenvalue weighted by molar-refractivity contribution is -0.268. The van der Waals surface area contributed by atoms with Crippen LogP contribution in [0, 0.1) is 124 Å². The third-order valence-electron chi connectivity index (χ3n) is 38.9. The Morgan fingerprint density at radius 3 is 1.30 bits per heavy atom. The number of halogens is 8. The van der Waals surface area contributed by atoms with E-state index in [1.54, 1.807) is 20.8 Å². The average molecular weight is 2060 g/mol. The SMILES string of the molecule is CCC1(OC(=O)C(C)(F)F)C2CC3CC1CC(OCC(=O)OC1C4CC5C(=O)OC1C5O4)(C3)C2.CCC1(OC(=O)C(C)(F)F)C2CC3CC1CC(OCC(=O)OC1C4CC5C1OC(=O)C5C4C(=O)OC(C)(C)C)(C3)C2.CCC1(OC(=O)C(C)(F)F)C2CC3CC1CC(OCC(=O)OC1CCC4CC1OC4=O)(C3)C2.CCC1C2CC3CC(OCC(=O)OC4C5CC6C(=O)OC4C6C5)(C2)CC1(OCCOC(=O)C(C)(F)F)C3. The lowest BCUT2D eigenvalue weighted by Crippen LogP contribution is -2.66. The quantitative estimate of drug-likeness (QED) is 0.0261. The number of fused-ring (bicyclic) bond motifs is 5. The molecule has 0 N–H and O–H groups in total. The minimum Gasteiger partial charge on any atom is -0.460 e. The van der Waals surface area contributed by atoms with Gasteiger partial charge in [0.15, 0.2) is 12.2 Å². The second kappa shape index (κ2) is 37.4. The molecule has 27 fully saturated rings. The molecule has 27 rings (SSSR count). The predicted octanol–water partition coefficient (Wildman–Crippen LogP) is 13.5. The molecule has 32 nitrogen and oxygen atoms in total. The molecular weight excluding hydrogens is 1930 g/mol. The van der Waals surface area contributed by atoms with E-state index in [-0.39, 0.29) is 165 Å². The number of hydrogen-bond donors (Lipinski definition) is 0. The fourth-order valence-electron chi connectivity index (χ4n) is 34.1. The topological polar surface area (TPSA) is 397 Å². The van der Waals surface area contributed by atoms with Gasteiger partial charge in [-0.1, -0.05) is 34.1 Å². The van der Waals surface area contributed by atoms with Crippen molar-refractivity contribution in [3.8, 4) is 0 Å². The van der Waals surface area contributed by atoms with Gasteiger partial charge in [0.25, 0.3) is 0 Å². The minimum atomic E-state index is -3.56. The maximum atomic E-state index is 13.8. The Morgan fingerprint density at radius 1 is 0.372 bits per heavy atom. The molecule has 30 atom stereocenters. The largest absolute Gasteiger partial charge is 0.460 e. The van der Waals surface area contributed by atoms with Crippen molar-refractivity contribution in [2.24, 2.45) is 124 Å². The summed E-state index contributed by atoms with van der Waals surface area (Å²) in [6.07, 6.45) is 17.0. The third kappa shape index (κ3) is 18.9. The predicted molar refractivity (Wildman–Crippen MR) is 476 cm³/mol. The van der Waals surface area contributed by atoms with Crippen molar-refractivity contribution in [3.05, 3.63) is 0 Å². The Kier molecular flexibility index (Phi) is 26.9. The highest BCUT2D eigenvalue weighted by molar-refractivity contribution is 5.87. The molecule has 40 heteroatoms. The molecular formula is C105H138F8O32. The first kappa shape index (κ1) is 104. The van der Waals surface area contributed by atoms with Crippen LogP contribution in [-0.2, 0) is 152 Å².